The number of hydrogen-bond donors (Lipinski definition) is 2. The summed E-state index contributed by atoms with van der Waals surface area (Å²) in [7, 11) is 0. The van der Waals surface area contributed by atoms with E-state index in [4.69, 9.17) is 9.73 Å². The van der Waals surface area contributed by atoms with Gasteiger partial charge in [0.25, 0.3) is 0 Å². The predicted molar refractivity (Wildman–Crippen MR) is 113 cm³/mol. The van der Waals surface area contributed by atoms with E-state index in [0.29, 0.717) is 24.3 Å². The van der Waals surface area contributed by atoms with E-state index in [-0.39, 0.29) is 0 Å². The predicted octanol–water partition coefficient (Wildman–Crippen LogP) is 3.61. The lowest BCUT2D eigenvalue weighted by Gasteiger charge is -2.14. The number of benzene rings is 1. The molecule has 1 aliphatic heterocycles. The fourth-order valence-electron chi connectivity index (χ4n) is 2.89. The molecule has 0 spiro atoms. The Hall–Kier alpha value is -2.21. The normalized spacial score (nSPS) is 16.9. The minimum absolute atomic E-state index is 0.518. The van der Waals surface area contributed by atoms with Crippen LogP contribution in [0, 0.1) is 0 Å². The summed E-state index contributed by atoms with van der Waals surface area (Å²) in [4.78, 5) is 9.01. The van der Waals surface area contributed by atoms with Crippen molar-refractivity contribution < 1.29 is 4.74 Å². The van der Waals surface area contributed by atoms with Gasteiger partial charge in [0.05, 0.1) is 6.54 Å². The number of thioether (sulfide) groups is 1. The number of guanidine groups is 1. The van der Waals surface area contributed by atoms with Crippen LogP contribution in [0.4, 0.5) is 0 Å². The summed E-state index contributed by atoms with van der Waals surface area (Å²) in [5.74, 6) is 2.78. The van der Waals surface area contributed by atoms with Crippen molar-refractivity contribution in [3.05, 3.63) is 59.8 Å². The topological polar surface area (TPSA) is 58.5 Å². The third kappa shape index (κ3) is 6.79. The number of aliphatic imine (C=N–C) groups is 1. The van der Waals surface area contributed by atoms with Crippen LogP contribution >= 0.6 is 11.8 Å². The van der Waals surface area contributed by atoms with E-state index >= 15 is 0 Å². The van der Waals surface area contributed by atoms with Crippen molar-refractivity contribution in [1.29, 1.82) is 0 Å². The highest BCUT2D eigenvalue weighted by atomic mass is 32.2. The minimum atomic E-state index is 0.518. The van der Waals surface area contributed by atoms with Crippen LogP contribution in [0.1, 0.15) is 30.9 Å². The second kappa shape index (κ2) is 10.8. The van der Waals surface area contributed by atoms with Gasteiger partial charge in [0.15, 0.2) is 5.96 Å². The van der Waals surface area contributed by atoms with E-state index in [2.05, 4.69) is 34.3 Å². The van der Waals surface area contributed by atoms with Gasteiger partial charge in [0, 0.05) is 30.6 Å². The lowest BCUT2D eigenvalue weighted by molar-refractivity contribution is 0.293. The van der Waals surface area contributed by atoms with Gasteiger partial charge in [-0.1, -0.05) is 30.3 Å². The molecule has 1 unspecified atom stereocenters. The number of hydrogen-bond acceptors (Lipinski definition) is 4. The Balaban J connectivity index is 1.53. The molecule has 1 atom stereocenters. The van der Waals surface area contributed by atoms with Crippen molar-refractivity contribution in [2.45, 2.75) is 38.2 Å². The molecule has 2 heterocycles. The Morgan fingerprint density at radius 3 is 2.89 bits per heavy atom. The molecular weight excluding hydrogens is 356 g/mol. The van der Waals surface area contributed by atoms with E-state index in [0.717, 1.165) is 30.2 Å². The Morgan fingerprint density at radius 2 is 2.11 bits per heavy atom. The third-order valence-electron chi connectivity index (χ3n) is 4.31. The van der Waals surface area contributed by atoms with Crippen LogP contribution in [0.15, 0.2) is 53.7 Å². The number of ether oxygens (including phenoxy) is 1. The quantitative estimate of drug-likeness (QED) is 0.538. The van der Waals surface area contributed by atoms with E-state index in [1.54, 1.807) is 6.20 Å². The monoisotopic (exact) mass is 384 g/mol. The van der Waals surface area contributed by atoms with Crippen LogP contribution in [0.3, 0.4) is 0 Å². The van der Waals surface area contributed by atoms with Crippen molar-refractivity contribution >= 4 is 17.7 Å². The number of nitrogens with one attached hydrogen (secondary N) is 2. The van der Waals surface area contributed by atoms with Gasteiger partial charge < -0.3 is 15.4 Å². The van der Waals surface area contributed by atoms with E-state index in [9.17, 15) is 0 Å². The van der Waals surface area contributed by atoms with Gasteiger partial charge in [-0.25, -0.2) is 9.98 Å². The molecule has 3 rings (SSSR count). The average Bonchev–Trinajstić information content (AvgIpc) is 3.23. The molecule has 2 N–H and O–H groups in total. The third-order valence-corrected chi connectivity index (χ3v) is 5.71. The van der Waals surface area contributed by atoms with Crippen molar-refractivity contribution in [2.75, 3.05) is 18.8 Å². The Kier molecular flexibility index (Phi) is 7.84. The van der Waals surface area contributed by atoms with Gasteiger partial charge in [-0.2, -0.15) is 11.8 Å². The largest absolute Gasteiger partial charge is 0.473 e. The highest BCUT2D eigenvalue weighted by Crippen LogP contribution is 2.25. The fourth-order valence-corrected chi connectivity index (χ4v) is 4.09. The first-order valence-electron chi connectivity index (χ1n) is 9.59. The standard InChI is InChI=1S/C21H28N4OS/c1-2-22-21(25-15-19-9-6-12-27-19)24-14-18-10-11-23-20(13-18)26-16-17-7-4-3-5-8-17/h3-5,7-8,10-11,13,19H,2,6,9,12,14-16H2,1H3,(H2,22,24,25). The number of aromatic nitrogens is 1. The van der Waals surface area contributed by atoms with E-state index < -0.39 is 0 Å². The fraction of sp³-hybridized carbons (Fsp3) is 0.429. The molecule has 0 aliphatic carbocycles. The van der Waals surface area contributed by atoms with Crippen LogP contribution in [0.2, 0.25) is 0 Å². The minimum Gasteiger partial charge on any atom is -0.473 e. The van der Waals surface area contributed by atoms with Gasteiger partial charge >= 0.3 is 0 Å². The molecule has 1 saturated heterocycles. The molecule has 0 radical (unpaired) electrons. The van der Waals surface area contributed by atoms with Crippen LogP contribution < -0.4 is 15.4 Å². The van der Waals surface area contributed by atoms with Crippen LogP contribution in [-0.4, -0.2) is 35.0 Å². The molecule has 144 valence electrons. The molecule has 0 saturated carbocycles. The summed E-state index contributed by atoms with van der Waals surface area (Å²) < 4.78 is 5.81. The Morgan fingerprint density at radius 1 is 1.22 bits per heavy atom. The molecule has 1 aromatic carbocycles. The summed E-state index contributed by atoms with van der Waals surface area (Å²) >= 11 is 2.05. The summed E-state index contributed by atoms with van der Waals surface area (Å²) in [6, 6.07) is 14.1. The molecule has 1 aromatic heterocycles. The van der Waals surface area contributed by atoms with Crippen molar-refractivity contribution in [2.24, 2.45) is 4.99 Å². The van der Waals surface area contributed by atoms with Crippen molar-refractivity contribution in [1.82, 2.24) is 15.6 Å². The first-order valence-corrected chi connectivity index (χ1v) is 10.6. The van der Waals surface area contributed by atoms with Gasteiger partial charge in [0.1, 0.15) is 6.61 Å². The van der Waals surface area contributed by atoms with Crippen LogP contribution in [0.25, 0.3) is 0 Å². The SMILES string of the molecule is CCNC(=NCc1ccnc(OCc2ccccc2)c1)NCC1CCCS1. The summed E-state index contributed by atoms with van der Waals surface area (Å²) in [6.45, 7) is 5.02. The van der Waals surface area contributed by atoms with Crippen molar-refractivity contribution in [3.63, 3.8) is 0 Å². The second-order valence-electron chi connectivity index (χ2n) is 6.49. The molecule has 27 heavy (non-hydrogen) atoms. The molecule has 0 bridgehead atoms. The lowest BCUT2D eigenvalue weighted by atomic mass is 10.2. The maximum absolute atomic E-state index is 5.81. The maximum Gasteiger partial charge on any atom is 0.213 e. The van der Waals surface area contributed by atoms with Crippen molar-refractivity contribution in [3.8, 4) is 5.88 Å². The molecular formula is C21H28N4OS. The van der Waals surface area contributed by atoms with Crippen LogP contribution in [0.5, 0.6) is 5.88 Å². The van der Waals surface area contributed by atoms with Gasteiger partial charge in [-0.15, -0.1) is 0 Å². The van der Waals surface area contributed by atoms with E-state index in [1.807, 2.05) is 42.5 Å². The zero-order valence-electron chi connectivity index (χ0n) is 15.9. The van der Waals surface area contributed by atoms with Gasteiger partial charge in [-0.05, 0) is 42.7 Å². The summed E-state index contributed by atoms with van der Waals surface area (Å²) in [5.41, 5.74) is 2.21. The Bertz CT molecular complexity index is 717. The summed E-state index contributed by atoms with van der Waals surface area (Å²) in [5, 5.41) is 7.49. The molecule has 2 aromatic rings. The zero-order valence-corrected chi connectivity index (χ0v) is 16.7. The second-order valence-corrected chi connectivity index (χ2v) is 7.90. The van der Waals surface area contributed by atoms with Crippen LogP contribution in [-0.2, 0) is 13.2 Å². The molecule has 1 aliphatic rings. The summed E-state index contributed by atoms with van der Waals surface area (Å²) in [6.07, 6.45) is 4.40. The highest BCUT2D eigenvalue weighted by Gasteiger charge is 2.15. The highest BCUT2D eigenvalue weighted by molar-refractivity contribution is 8.00. The maximum atomic E-state index is 5.81. The lowest BCUT2D eigenvalue weighted by Crippen LogP contribution is -2.40. The number of nitrogens with zero attached hydrogens (tertiary/aromatic N) is 2. The molecule has 5 nitrogen and oxygen atoms in total. The number of rotatable bonds is 8. The van der Waals surface area contributed by atoms with Gasteiger partial charge in [-0.3, -0.25) is 0 Å². The molecule has 6 heteroatoms. The first kappa shape index (κ1) is 19.5. The zero-order chi connectivity index (χ0) is 18.7. The smallest absolute Gasteiger partial charge is 0.213 e. The Labute approximate surface area is 166 Å². The average molecular weight is 385 g/mol. The molecule has 1 fully saturated rings. The van der Waals surface area contributed by atoms with Gasteiger partial charge in [0.2, 0.25) is 5.88 Å². The molecule has 0 amide bonds. The number of pyridine rings is 1. The van der Waals surface area contributed by atoms with E-state index in [1.165, 1.54) is 18.6 Å². The first-order chi connectivity index (χ1) is 13.3.